The van der Waals surface area contributed by atoms with Gasteiger partial charge in [0.25, 0.3) is 0 Å². The molecule has 0 aromatic heterocycles. The third-order valence-corrected chi connectivity index (χ3v) is 2.10. The van der Waals surface area contributed by atoms with E-state index in [1.807, 2.05) is 0 Å². The molecule has 58 valence electrons. The number of nitrogens with one attached hydrogen (secondary N) is 3. The van der Waals surface area contributed by atoms with Crippen molar-refractivity contribution in [2.75, 3.05) is 0 Å². The maximum Gasteiger partial charge on any atom is 0.242 e. The van der Waals surface area contributed by atoms with Crippen LogP contribution in [0.3, 0.4) is 0 Å². The molecule has 5 heteroatoms. The Bertz CT molecular complexity index is 245. The summed E-state index contributed by atoms with van der Waals surface area (Å²) in [6.07, 6.45) is 1.22. The predicted molar refractivity (Wildman–Crippen MR) is 35.7 cm³/mol. The van der Waals surface area contributed by atoms with Gasteiger partial charge in [-0.25, -0.2) is 0 Å². The first-order chi connectivity index (χ1) is 5.15. The second kappa shape index (κ2) is 1.61. The Labute approximate surface area is 62.7 Å². The first-order valence-electron chi connectivity index (χ1n) is 3.37. The predicted octanol–water partition coefficient (Wildman–Crippen LogP) is -1.05. The van der Waals surface area contributed by atoms with Gasteiger partial charge in [0.2, 0.25) is 17.8 Å². The maximum absolute atomic E-state index is 11.1. The Balaban J connectivity index is 2.30. The summed E-state index contributed by atoms with van der Waals surface area (Å²) in [6.45, 7) is 0. The highest BCUT2D eigenvalue weighted by atomic mass is 16.2. The quantitative estimate of drug-likeness (QED) is 0.388. The van der Waals surface area contributed by atoms with E-state index in [2.05, 4.69) is 10.6 Å². The van der Waals surface area contributed by atoms with E-state index in [0.29, 0.717) is 12.8 Å². The fourth-order valence-corrected chi connectivity index (χ4v) is 1.18. The normalized spacial score (nSPS) is 26.4. The summed E-state index contributed by atoms with van der Waals surface area (Å²) < 4.78 is 0. The van der Waals surface area contributed by atoms with Gasteiger partial charge in [0.1, 0.15) is 5.41 Å². The van der Waals surface area contributed by atoms with Gasteiger partial charge < -0.3 is 0 Å². The third kappa shape index (κ3) is 0.675. The molecule has 2 fully saturated rings. The number of amides is 2. The Morgan fingerprint density at radius 2 is 1.64 bits per heavy atom. The minimum atomic E-state index is -0.815. The molecule has 1 aliphatic heterocycles. The molecule has 0 radical (unpaired) electrons. The van der Waals surface area contributed by atoms with Crippen molar-refractivity contribution in [1.29, 1.82) is 5.41 Å². The fourth-order valence-electron chi connectivity index (χ4n) is 1.18. The van der Waals surface area contributed by atoms with Crippen LogP contribution in [-0.2, 0) is 9.59 Å². The van der Waals surface area contributed by atoms with Crippen LogP contribution in [-0.4, -0.2) is 17.8 Å². The van der Waals surface area contributed by atoms with Gasteiger partial charge in [-0.15, -0.1) is 0 Å². The molecule has 2 amide bonds. The van der Waals surface area contributed by atoms with Crippen molar-refractivity contribution in [1.82, 2.24) is 10.6 Å². The van der Waals surface area contributed by atoms with Gasteiger partial charge in [0, 0.05) is 0 Å². The largest absolute Gasteiger partial charge is 0.296 e. The van der Waals surface area contributed by atoms with E-state index in [1.54, 1.807) is 0 Å². The molecule has 1 spiro atoms. The first kappa shape index (κ1) is 6.33. The van der Waals surface area contributed by atoms with Crippen molar-refractivity contribution in [3.8, 4) is 0 Å². The molecule has 2 rings (SSSR count). The van der Waals surface area contributed by atoms with E-state index in [0.717, 1.165) is 0 Å². The summed E-state index contributed by atoms with van der Waals surface area (Å²) in [5, 5.41) is 11.5. The van der Waals surface area contributed by atoms with Gasteiger partial charge in [0.05, 0.1) is 0 Å². The maximum atomic E-state index is 11.1. The van der Waals surface area contributed by atoms with Crippen LogP contribution in [0.4, 0.5) is 0 Å². The number of carbonyl (C=O) groups excluding carboxylic acids is 2. The van der Waals surface area contributed by atoms with Gasteiger partial charge in [-0.1, -0.05) is 0 Å². The third-order valence-electron chi connectivity index (χ3n) is 2.10. The highest BCUT2D eigenvalue weighted by molar-refractivity contribution is 6.21. The second-order valence-corrected chi connectivity index (χ2v) is 2.87. The van der Waals surface area contributed by atoms with E-state index >= 15 is 0 Å². The van der Waals surface area contributed by atoms with Gasteiger partial charge in [-0.3, -0.25) is 25.6 Å². The summed E-state index contributed by atoms with van der Waals surface area (Å²) >= 11 is 0. The van der Waals surface area contributed by atoms with E-state index < -0.39 is 5.41 Å². The van der Waals surface area contributed by atoms with Crippen molar-refractivity contribution in [3.05, 3.63) is 0 Å². The first-order valence-corrected chi connectivity index (χ1v) is 3.37. The minimum Gasteiger partial charge on any atom is -0.296 e. The monoisotopic (exact) mass is 153 g/mol. The molecular formula is C6H7N3O2. The van der Waals surface area contributed by atoms with Gasteiger partial charge in [-0.2, -0.15) is 0 Å². The molecule has 3 N–H and O–H groups in total. The number of hydrogen-bond acceptors (Lipinski definition) is 3. The van der Waals surface area contributed by atoms with Crippen LogP contribution in [0.2, 0.25) is 0 Å². The van der Waals surface area contributed by atoms with E-state index in [1.165, 1.54) is 0 Å². The Morgan fingerprint density at radius 3 is 2.00 bits per heavy atom. The molecule has 1 saturated carbocycles. The molecule has 0 atom stereocenters. The summed E-state index contributed by atoms with van der Waals surface area (Å²) in [4.78, 5) is 22.2. The lowest BCUT2D eigenvalue weighted by molar-refractivity contribution is -0.137. The number of guanidine groups is 1. The molecule has 5 nitrogen and oxygen atoms in total. The van der Waals surface area contributed by atoms with Crippen molar-refractivity contribution in [3.63, 3.8) is 0 Å². The van der Waals surface area contributed by atoms with E-state index in [-0.39, 0.29) is 17.8 Å². The SMILES string of the molecule is N=C1NC(=O)C2(CC2)C(=O)N1. The van der Waals surface area contributed by atoms with Crippen molar-refractivity contribution in [2.45, 2.75) is 12.8 Å². The molecule has 1 aliphatic carbocycles. The minimum absolute atomic E-state index is 0.211. The van der Waals surface area contributed by atoms with Crippen molar-refractivity contribution >= 4 is 17.8 Å². The molecule has 0 aromatic rings. The van der Waals surface area contributed by atoms with Crippen molar-refractivity contribution in [2.24, 2.45) is 5.41 Å². The van der Waals surface area contributed by atoms with Crippen LogP contribution >= 0.6 is 0 Å². The lowest BCUT2D eigenvalue weighted by atomic mass is 10.0. The van der Waals surface area contributed by atoms with Crippen LogP contribution in [0.5, 0.6) is 0 Å². The van der Waals surface area contributed by atoms with Crippen LogP contribution < -0.4 is 10.6 Å². The lowest BCUT2D eigenvalue weighted by Gasteiger charge is -2.21. The van der Waals surface area contributed by atoms with Crippen LogP contribution in [0.25, 0.3) is 0 Å². The topological polar surface area (TPSA) is 82.1 Å². The van der Waals surface area contributed by atoms with Crippen LogP contribution in [0.15, 0.2) is 0 Å². The Morgan fingerprint density at radius 1 is 1.18 bits per heavy atom. The zero-order valence-electron chi connectivity index (χ0n) is 5.73. The molecular weight excluding hydrogens is 146 g/mol. The molecule has 0 aromatic carbocycles. The average Bonchev–Trinajstić information content (AvgIpc) is 2.62. The Hall–Kier alpha value is -1.39. The number of rotatable bonds is 0. The zero-order chi connectivity index (χ0) is 8.06. The smallest absolute Gasteiger partial charge is 0.242 e. The highest BCUT2D eigenvalue weighted by Crippen LogP contribution is 2.46. The van der Waals surface area contributed by atoms with E-state index in [9.17, 15) is 9.59 Å². The summed E-state index contributed by atoms with van der Waals surface area (Å²) in [5.41, 5.74) is -0.815. The molecule has 1 saturated heterocycles. The second-order valence-electron chi connectivity index (χ2n) is 2.87. The summed E-state index contributed by atoms with van der Waals surface area (Å²) in [6, 6.07) is 0. The molecule has 1 heterocycles. The van der Waals surface area contributed by atoms with Crippen LogP contribution in [0.1, 0.15) is 12.8 Å². The van der Waals surface area contributed by atoms with Crippen LogP contribution in [0, 0.1) is 10.8 Å². The molecule has 0 bridgehead atoms. The van der Waals surface area contributed by atoms with Gasteiger partial charge in [0.15, 0.2) is 0 Å². The molecule has 11 heavy (non-hydrogen) atoms. The highest BCUT2D eigenvalue weighted by Gasteiger charge is 2.58. The van der Waals surface area contributed by atoms with Crippen molar-refractivity contribution < 1.29 is 9.59 Å². The summed E-state index contributed by atoms with van der Waals surface area (Å²) in [5.74, 6) is -0.866. The standard InChI is InChI=1S/C6H7N3O2/c7-5-8-3(10)6(1-2-6)4(11)9-5/h1-2H2,(H3,7,8,9,10,11). The molecule has 0 unspecified atom stereocenters. The number of carbonyl (C=O) groups is 2. The lowest BCUT2D eigenvalue weighted by Crippen LogP contribution is -2.57. The van der Waals surface area contributed by atoms with Gasteiger partial charge in [-0.05, 0) is 12.8 Å². The van der Waals surface area contributed by atoms with E-state index in [4.69, 9.17) is 5.41 Å². The van der Waals surface area contributed by atoms with Gasteiger partial charge >= 0.3 is 0 Å². The Kier molecular flexibility index (Phi) is 0.925. The number of hydrogen-bond donors (Lipinski definition) is 3. The zero-order valence-corrected chi connectivity index (χ0v) is 5.73. The summed E-state index contributed by atoms with van der Waals surface area (Å²) in [7, 11) is 0. The average molecular weight is 153 g/mol. The molecule has 2 aliphatic rings. The fraction of sp³-hybridized carbons (Fsp3) is 0.500.